The van der Waals surface area contributed by atoms with Crippen LogP contribution in [-0.2, 0) is 0 Å². The fourth-order valence-corrected chi connectivity index (χ4v) is 1.38. The van der Waals surface area contributed by atoms with Gasteiger partial charge in [0.2, 0.25) is 0 Å². The second-order valence-corrected chi connectivity index (χ2v) is 4.32. The molecule has 0 saturated heterocycles. The third kappa shape index (κ3) is 6.44. The summed E-state index contributed by atoms with van der Waals surface area (Å²) in [5.41, 5.74) is 0.464. The molecule has 21 heavy (non-hydrogen) atoms. The zero-order chi connectivity index (χ0) is 15.9. The van der Waals surface area contributed by atoms with Crippen LogP contribution in [0.25, 0.3) is 0 Å². The third-order valence-corrected chi connectivity index (χ3v) is 2.52. The van der Waals surface area contributed by atoms with Crippen LogP contribution in [-0.4, -0.2) is 48.3 Å². The molecule has 116 valence electrons. The molecule has 1 rings (SSSR count). The Morgan fingerprint density at radius 3 is 2.33 bits per heavy atom. The maximum atomic E-state index is 12.0. The van der Waals surface area contributed by atoms with Crippen LogP contribution in [0.4, 0.5) is 13.2 Å². The first-order valence-electron chi connectivity index (χ1n) is 6.09. The molecular formula is C13H15F3N2O3. The highest BCUT2D eigenvalue weighted by Gasteiger charge is 2.37. The number of nitriles is 1. The van der Waals surface area contributed by atoms with Crippen molar-refractivity contribution in [2.45, 2.75) is 18.4 Å². The lowest BCUT2D eigenvalue weighted by atomic mass is 10.2. The van der Waals surface area contributed by atoms with E-state index in [1.807, 2.05) is 6.07 Å². The van der Waals surface area contributed by atoms with E-state index in [2.05, 4.69) is 5.32 Å². The normalized spacial score (nSPS) is 14.3. The number of ether oxygens (including phenoxy) is 1. The van der Waals surface area contributed by atoms with E-state index >= 15 is 0 Å². The average molecular weight is 304 g/mol. The summed E-state index contributed by atoms with van der Waals surface area (Å²) in [5.74, 6) is 0.434. The number of benzene rings is 1. The van der Waals surface area contributed by atoms with E-state index in [9.17, 15) is 18.3 Å². The molecule has 0 saturated carbocycles. The molecule has 1 aromatic rings. The number of nitrogens with zero attached hydrogens (tertiary/aromatic N) is 1. The van der Waals surface area contributed by atoms with Gasteiger partial charge in [0, 0.05) is 13.1 Å². The van der Waals surface area contributed by atoms with Crippen molar-refractivity contribution in [1.29, 1.82) is 5.26 Å². The lowest BCUT2D eigenvalue weighted by Gasteiger charge is -2.17. The number of halogens is 3. The van der Waals surface area contributed by atoms with Gasteiger partial charge in [0.05, 0.1) is 11.6 Å². The van der Waals surface area contributed by atoms with E-state index in [1.165, 1.54) is 0 Å². The van der Waals surface area contributed by atoms with Crippen molar-refractivity contribution in [2.75, 3.05) is 19.7 Å². The molecule has 2 unspecified atom stereocenters. The Hall–Kier alpha value is -1.82. The Morgan fingerprint density at radius 2 is 1.81 bits per heavy atom. The Labute approximate surface area is 119 Å². The minimum Gasteiger partial charge on any atom is -0.491 e. The third-order valence-electron chi connectivity index (χ3n) is 2.52. The second-order valence-electron chi connectivity index (χ2n) is 4.32. The minimum atomic E-state index is -4.68. The highest BCUT2D eigenvalue weighted by molar-refractivity contribution is 5.34. The molecule has 0 aliphatic carbocycles. The van der Waals surface area contributed by atoms with Crippen LogP contribution in [0.3, 0.4) is 0 Å². The number of aliphatic hydroxyl groups excluding tert-OH is 2. The van der Waals surface area contributed by atoms with Gasteiger partial charge in [-0.1, -0.05) is 0 Å². The molecule has 0 radical (unpaired) electrons. The molecule has 3 N–H and O–H groups in total. The molecule has 0 spiro atoms. The molecular weight excluding hydrogens is 289 g/mol. The number of nitrogens with one attached hydrogen (secondary N) is 1. The van der Waals surface area contributed by atoms with Gasteiger partial charge in [-0.05, 0) is 24.3 Å². The van der Waals surface area contributed by atoms with E-state index in [4.69, 9.17) is 15.1 Å². The van der Waals surface area contributed by atoms with Crippen LogP contribution in [0.15, 0.2) is 24.3 Å². The molecule has 0 fully saturated rings. The van der Waals surface area contributed by atoms with Crippen molar-refractivity contribution in [2.24, 2.45) is 0 Å². The lowest BCUT2D eigenvalue weighted by Crippen LogP contribution is -2.41. The zero-order valence-corrected chi connectivity index (χ0v) is 11.0. The lowest BCUT2D eigenvalue weighted by molar-refractivity contribution is -0.202. The topological polar surface area (TPSA) is 85.5 Å². The van der Waals surface area contributed by atoms with Gasteiger partial charge in [0.15, 0.2) is 6.10 Å². The second kappa shape index (κ2) is 7.83. The van der Waals surface area contributed by atoms with Gasteiger partial charge in [0.1, 0.15) is 18.5 Å². The van der Waals surface area contributed by atoms with Gasteiger partial charge in [-0.3, -0.25) is 0 Å². The highest BCUT2D eigenvalue weighted by Crippen LogP contribution is 2.19. The van der Waals surface area contributed by atoms with E-state index < -0.39 is 24.9 Å². The maximum absolute atomic E-state index is 12.0. The number of aliphatic hydroxyl groups is 2. The van der Waals surface area contributed by atoms with Crippen molar-refractivity contribution >= 4 is 0 Å². The molecule has 5 nitrogen and oxygen atoms in total. The Kier molecular flexibility index (Phi) is 6.42. The van der Waals surface area contributed by atoms with Crippen LogP contribution in [0.2, 0.25) is 0 Å². The van der Waals surface area contributed by atoms with Gasteiger partial charge >= 0.3 is 6.18 Å². The molecule has 0 heterocycles. The number of alkyl halides is 3. The smallest absolute Gasteiger partial charge is 0.415 e. The predicted octanol–water partition coefficient (Wildman–Crippen LogP) is 0.811. The van der Waals surface area contributed by atoms with Crippen LogP contribution < -0.4 is 10.1 Å². The first kappa shape index (κ1) is 17.2. The Bertz CT molecular complexity index is 471. The molecule has 0 bridgehead atoms. The van der Waals surface area contributed by atoms with Gasteiger partial charge < -0.3 is 20.3 Å². The first-order chi connectivity index (χ1) is 9.82. The van der Waals surface area contributed by atoms with Crippen molar-refractivity contribution < 1.29 is 28.1 Å². The van der Waals surface area contributed by atoms with Crippen LogP contribution in [0.1, 0.15) is 5.56 Å². The minimum absolute atomic E-state index is 0.124. The fraction of sp³-hybridized carbons (Fsp3) is 0.462. The molecule has 0 aliphatic heterocycles. The van der Waals surface area contributed by atoms with Gasteiger partial charge in [0.25, 0.3) is 0 Å². The summed E-state index contributed by atoms with van der Waals surface area (Å²) in [5, 5.41) is 29.2. The molecule has 8 heteroatoms. The van der Waals surface area contributed by atoms with Crippen molar-refractivity contribution in [3.05, 3.63) is 29.8 Å². The summed E-state index contributed by atoms with van der Waals surface area (Å²) >= 11 is 0. The molecule has 1 aromatic carbocycles. The fourth-order valence-electron chi connectivity index (χ4n) is 1.38. The largest absolute Gasteiger partial charge is 0.491 e. The Balaban J connectivity index is 2.25. The average Bonchev–Trinajstić information content (AvgIpc) is 2.44. The van der Waals surface area contributed by atoms with Crippen molar-refractivity contribution in [1.82, 2.24) is 5.32 Å². The highest BCUT2D eigenvalue weighted by atomic mass is 19.4. The quantitative estimate of drug-likeness (QED) is 0.694. The molecule has 0 aliphatic rings. The van der Waals surface area contributed by atoms with Gasteiger partial charge in [-0.2, -0.15) is 18.4 Å². The monoisotopic (exact) mass is 304 g/mol. The summed E-state index contributed by atoms with van der Waals surface area (Å²) in [4.78, 5) is 0. The number of hydrogen-bond acceptors (Lipinski definition) is 5. The molecule has 2 atom stereocenters. The molecule has 0 aromatic heterocycles. The van der Waals surface area contributed by atoms with Gasteiger partial charge in [-0.25, -0.2) is 0 Å². The van der Waals surface area contributed by atoms with Crippen molar-refractivity contribution in [3.63, 3.8) is 0 Å². The Morgan fingerprint density at radius 1 is 1.19 bits per heavy atom. The van der Waals surface area contributed by atoms with Crippen LogP contribution >= 0.6 is 0 Å². The molecule has 0 amide bonds. The van der Waals surface area contributed by atoms with Crippen LogP contribution in [0.5, 0.6) is 5.75 Å². The first-order valence-corrected chi connectivity index (χ1v) is 6.09. The number of rotatable bonds is 7. The summed E-state index contributed by atoms with van der Waals surface area (Å²) in [6.45, 7) is -0.970. The predicted molar refractivity (Wildman–Crippen MR) is 67.6 cm³/mol. The number of hydrogen-bond donors (Lipinski definition) is 3. The van der Waals surface area contributed by atoms with Crippen molar-refractivity contribution in [3.8, 4) is 11.8 Å². The maximum Gasteiger partial charge on any atom is 0.415 e. The van der Waals surface area contributed by atoms with Gasteiger partial charge in [-0.15, -0.1) is 0 Å². The van der Waals surface area contributed by atoms with E-state index in [1.54, 1.807) is 24.3 Å². The van der Waals surface area contributed by atoms with Crippen LogP contribution in [0, 0.1) is 11.3 Å². The summed E-state index contributed by atoms with van der Waals surface area (Å²) in [6, 6.07) is 8.12. The summed E-state index contributed by atoms with van der Waals surface area (Å²) in [7, 11) is 0. The van der Waals surface area contributed by atoms with E-state index in [0.29, 0.717) is 11.3 Å². The summed E-state index contributed by atoms with van der Waals surface area (Å²) < 4.78 is 41.2. The van der Waals surface area contributed by atoms with E-state index in [-0.39, 0.29) is 13.2 Å². The zero-order valence-electron chi connectivity index (χ0n) is 11.0. The SMILES string of the molecule is N#Cc1ccc(OCC(O)CNCC(O)C(F)(F)F)cc1. The van der Waals surface area contributed by atoms with E-state index in [0.717, 1.165) is 0 Å². The summed E-state index contributed by atoms with van der Waals surface area (Å²) in [6.07, 6.45) is -8.18. The standard InChI is InChI=1S/C13H15F3N2O3/c14-13(15,16)12(20)7-18-6-10(19)8-21-11-3-1-9(5-17)2-4-11/h1-4,10,12,18-20H,6-8H2.